The molecule has 2 heterocycles. The Kier molecular flexibility index (Phi) is 4.90. The molecule has 1 atom stereocenters. The van der Waals surface area contributed by atoms with Crippen molar-refractivity contribution < 1.29 is 4.79 Å². The summed E-state index contributed by atoms with van der Waals surface area (Å²) in [5.74, 6) is -0.117. The fourth-order valence-electron chi connectivity index (χ4n) is 2.13. The Balaban J connectivity index is 1.87. The van der Waals surface area contributed by atoms with Gasteiger partial charge in [-0.3, -0.25) is 9.69 Å². The van der Waals surface area contributed by atoms with E-state index in [1.807, 2.05) is 6.07 Å². The Hall–Kier alpha value is -0.980. The molecule has 0 aliphatic carbocycles. The molecule has 1 aliphatic rings. The molecule has 1 aromatic heterocycles. The minimum absolute atomic E-state index is 0.117. The van der Waals surface area contributed by atoms with Gasteiger partial charge in [0.25, 0.3) is 5.91 Å². The largest absolute Gasteiger partial charge is 0.349 e. The van der Waals surface area contributed by atoms with Gasteiger partial charge in [0.15, 0.2) is 0 Å². The quantitative estimate of drug-likeness (QED) is 0.893. The molecule has 6 heteroatoms. The Morgan fingerprint density at radius 1 is 1.47 bits per heavy atom. The van der Waals surface area contributed by atoms with Crippen LogP contribution in [-0.4, -0.2) is 67.0 Å². The molecular weight excluding hydrogens is 308 g/mol. The second-order valence-electron chi connectivity index (χ2n) is 4.97. The van der Waals surface area contributed by atoms with Crippen molar-refractivity contribution in [1.82, 2.24) is 20.1 Å². The van der Waals surface area contributed by atoms with Gasteiger partial charge in [0.05, 0.1) is 0 Å². The summed E-state index contributed by atoms with van der Waals surface area (Å²) in [6.45, 7) is 3.74. The molecule has 1 unspecified atom stereocenters. The summed E-state index contributed by atoms with van der Waals surface area (Å²) in [7, 11) is 4.21. The van der Waals surface area contributed by atoms with Gasteiger partial charge in [0.1, 0.15) is 5.69 Å². The number of hydrogen-bond acceptors (Lipinski definition) is 4. The maximum Gasteiger partial charge on any atom is 0.269 e. The van der Waals surface area contributed by atoms with E-state index < -0.39 is 0 Å². The molecule has 0 spiro atoms. The first-order valence-corrected chi connectivity index (χ1v) is 7.14. The number of piperazine rings is 1. The van der Waals surface area contributed by atoms with Gasteiger partial charge in [0.2, 0.25) is 0 Å². The number of carbonyl (C=O) groups excluding carboxylic acids is 1. The minimum atomic E-state index is -0.117. The van der Waals surface area contributed by atoms with Crippen molar-refractivity contribution in [2.45, 2.75) is 6.04 Å². The van der Waals surface area contributed by atoms with Crippen molar-refractivity contribution in [3.8, 4) is 0 Å². The van der Waals surface area contributed by atoms with Crippen molar-refractivity contribution in [2.24, 2.45) is 0 Å². The molecule has 0 bridgehead atoms. The highest BCUT2D eigenvalue weighted by Gasteiger charge is 2.22. The molecule has 0 saturated carbocycles. The van der Waals surface area contributed by atoms with E-state index in [0.717, 1.165) is 24.1 Å². The third kappa shape index (κ3) is 3.99. The first-order valence-electron chi connectivity index (χ1n) is 6.35. The Morgan fingerprint density at radius 3 is 2.95 bits per heavy atom. The highest BCUT2D eigenvalue weighted by Crippen LogP contribution is 2.08. The van der Waals surface area contributed by atoms with Gasteiger partial charge in [0, 0.05) is 42.9 Å². The number of hydrogen-bond donors (Lipinski definition) is 1. The maximum atomic E-state index is 12.0. The second-order valence-corrected chi connectivity index (χ2v) is 5.88. The topological polar surface area (TPSA) is 48.5 Å². The number of nitrogens with zero attached hydrogens (tertiary/aromatic N) is 3. The van der Waals surface area contributed by atoms with E-state index in [4.69, 9.17) is 0 Å². The number of amides is 1. The second kappa shape index (κ2) is 6.45. The smallest absolute Gasteiger partial charge is 0.269 e. The summed E-state index contributed by atoms with van der Waals surface area (Å²) in [4.78, 5) is 20.6. The van der Waals surface area contributed by atoms with Gasteiger partial charge in [-0.1, -0.05) is 0 Å². The molecule has 1 aliphatic heterocycles. The van der Waals surface area contributed by atoms with Crippen molar-refractivity contribution in [3.63, 3.8) is 0 Å². The number of aromatic nitrogens is 1. The van der Waals surface area contributed by atoms with Gasteiger partial charge >= 0.3 is 0 Å². The summed E-state index contributed by atoms with van der Waals surface area (Å²) in [5, 5.41) is 2.95. The van der Waals surface area contributed by atoms with Gasteiger partial charge in [-0.15, -0.1) is 0 Å². The zero-order valence-corrected chi connectivity index (χ0v) is 12.9. The molecule has 19 heavy (non-hydrogen) atoms. The van der Waals surface area contributed by atoms with E-state index in [1.54, 1.807) is 12.3 Å². The van der Waals surface area contributed by atoms with E-state index in [9.17, 15) is 4.79 Å². The standard InChI is InChI=1S/C13H19BrN4O/c1-17-5-6-18(2)11(9-17)8-16-13(19)12-4-3-10(14)7-15-12/h3-4,7,11H,5-6,8-9H2,1-2H3,(H,16,19). The molecule has 104 valence electrons. The van der Waals surface area contributed by atoms with Crippen LogP contribution >= 0.6 is 15.9 Å². The number of carbonyl (C=O) groups is 1. The van der Waals surface area contributed by atoms with Crippen molar-refractivity contribution >= 4 is 21.8 Å². The minimum Gasteiger partial charge on any atom is -0.349 e. The molecule has 1 saturated heterocycles. The van der Waals surface area contributed by atoms with E-state index in [0.29, 0.717) is 18.3 Å². The van der Waals surface area contributed by atoms with Crippen LogP contribution in [0, 0.1) is 0 Å². The van der Waals surface area contributed by atoms with Crippen LogP contribution in [0.4, 0.5) is 0 Å². The molecule has 0 radical (unpaired) electrons. The molecule has 1 N–H and O–H groups in total. The lowest BCUT2D eigenvalue weighted by Crippen LogP contribution is -2.54. The predicted octanol–water partition coefficient (Wildman–Crippen LogP) is 0.820. The fourth-order valence-corrected chi connectivity index (χ4v) is 2.37. The first kappa shape index (κ1) is 14.4. The number of likely N-dealkylation sites (N-methyl/N-ethyl adjacent to an activating group) is 2. The van der Waals surface area contributed by atoms with Gasteiger partial charge < -0.3 is 10.2 Å². The molecule has 1 amide bonds. The van der Waals surface area contributed by atoms with Crippen LogP contribution in [0.25, 0.3) is 0 Å². The zero-order valence-electron chi connectivity index (χ0n) is 11.3. The molecular formula is C13H19BrN4O. The molecule has 5 nitrogen and oxygen atoms in total. The number of nitrogens with one attached hydrogen (secondary N) is 1. The van der Waals surface area contributed by atoms with Crippen LogP contribution in [0.5, 0.6) is 0 Å². The Labute approximate surface area is 122 Å². The van der Waals surface area contributed by atoms with E-state index in [2.05, 4.69) is 50.1 Å². The van der Waals surface area contributed by atoms with Crippen LogP contribution < -0.4 is 5.32 Å². The van der Waals surface area contributed by atoms with Crippen molar-refractivity contribution in [2.75, 3.05) is 40.3 Å². The fraction of sp³-hybridized carbons (Fsp3) is 0.538. The van der Waals surface area contributed by atoms with Crippen LogP contribution in [0.15, 0.2) is 22.8 Å². The lowest BCUT2D eigenvalue weighted by Gasteiger charge is -2.37. The Bertz CT molecular complexity index is 437. The lowest BCUT2D eigenvalue weighted by molar-refractivity contribution is 0.0877. The molecule has 0 aromatic carbocycles. The van der Waals surface area contributed by atoms with Crippen LogP contribution in [0.1, 0.15) is 10.5 Å². The summed E-state index contributed by atoms with van der Waals surface area (Å²) in [6.07, 6.45) is 1.63. The number of pyridine rings is 1. The van der Waals surface area contributed by atoms with E-state index in [-0.39, 0.29) is 5.91 Å². The normalized spacial score (nSPS) is 21.3. The summed E-state index contributed by atoms with van der Waals surface area (Å²) >= 11 is 3.30. The van der Waals surface area contributed by atoms with E-state index in [1.165, 1.54) is 0 Å². The van der Waals surface area contributed by atoms with Gasteiger partial charge in [-0.2, -0.15) is 0 Å². The van der Waals surface area contributed by atoms with Crippen LogP contribution in [0.3, 0.4) is 0 Å². The lowest BCUT2D eigenvalue weighted by atomic mass is 10.2. The predicted molar refractivity (Wildman–Crippen MR) is 78.2 cm³/mol. The van der Waals surface area contributed by atoms with Crippen LogP contribution in [0.2, 0.25) is 0 Å². The zero-order chi connectivity index (χ0) is 13.8. The average Bonchev–Trinajstić information content (AvgIpc) is 2.40. The third-order valence-electron chi connectivity index (χ3n) is 3.44. The molecule has 1 fully saturated rings. The van der Waals surface area contributed by atoms with Crippen molar-refractivity contribution in [3.05, 3.63) is 28.5 Å². The van der Waals surface area contributed by atoms with Crippen molar-refractivity contribution in [1.29, 1.82) is 0 Å². The highest BCUT2D eigenvalue weighted by atomic mass is 79.9. The molecule has 2 rings (SSSR count). The monoisotopic (exact) mass is 326 g/mol. The van der Waals surface area contributed by atoms with Gasteiger partial charge in [-0.05, 0) is 42.2 Å². The summed E-state index contributed by atoms with van der Waals surface area (Å²) in [6, 6.07) is 3.90. The third-order valence-corrected chi connectivity index (χ3v) is 3.91. The van der Waals surface area contributed by atoms with Crippen LogP contribution in [-0.2, 0) is 0 Å². The van der Waals surface area contributed by atoms with E-state index >= 15 is 0 Å². The highest BCUT2D eigenvalue weighted by molar-refractivity contribution is 9.10. The average molecular weight is 327 g/mol. The summed E-state index contributed by atoms with van der Waals surface area (Å²) < 4.78 is 0.873. The SMILES string of the molecule is CN1CCN(C)C(CNC(=O)c2ccc(Br)cn2)C1. The number of rotatable bonds is 3. The summed E-state index contributed by atoms with van der Waals surface area (Å²) in [5.41, 5.74) is 0.454. The molecule has 1 aromatic rings. The Morgan fingerprint density at radius 2 is 2.26 bits per heavy atom. The number of halogens is 1. The first-order chi connectivity index (χ1) is 9.06. The van der Waals surface area contributed by atoms with Gasteiger partial charge in [-0.25, -0.2) is 4.98 Å². The maximum absolute atomic E-state index is 12.0.